The lowest BCUT2D eigenvalue weighted by Crippen LogP contribution is -2.52. The Morgan fingerprint density at radius 1 is 1.36 bits per heavy atom. The number of hydrogen-bond donors (Lipinski definition) is 2. The maximum absolute atomic E-state index is 12.1. The third-order valence-electron chi connectivity index (χ3n) is 4.25. The maximum Gasteiger partial charge on any atom is 0.258 e. The summed E-state index contributed by atoms with van der Waals surface area (Å²) in [5.41, 5.74) is 6.82. The Labute approximate surface area is 139 Å². The zero-order chi connectivity index (χ0) is 15.3. The van der Waals surface area contributed by atoms with E-state index in [1.54, 1.807) is 0 Å². The van der Waals surface area contributed by atoms with Gasteiger partial charge in [-0.15, -0.1) is 12.4 Å². The second-order valence-corrected chi connectivity index (χ2v) is 6.26. The molecule has 1 aromatic rings. The van der Waals surface area contributed by atoms with Gasteiger partial charge in [0.15, 0.2) is 6.61 Å². The number of halogens is 1. The summed E-state index contributed by atoms with van der Waals surface area (Å²) in [6.07, 6.45) is 4.21. The minimum absolute atomic E-state index is 0. The van der Waals surface area contributed by atoms with Crippen LogP contribution in [0.4, 0.5) is 0 Å². The summed E-state index contributed by atoms with van der Waals surface area (Å²) in [6, 6.07) is 7.90. The van der Waals surface area contributed by atoms with Crippen LogP contribution in [0.2, 0.25) is 0 Å². The first kappa shape index (κ1) is 18.8. The Bertz CT molecular complexity index is 485. The molecule has 0 spiro atoms. The van der Waals surface area contributed by atoms with Crippen molar-refractivity contribution in [2.24, 2.45) is 5.73 Å². The van der Waals surface area contributed by atoms with Crippen molar-refractivity contribution in [3.63, 3.8) is 0 Å². The van der Waals surface area contributed by atoms with Gasteiger partial charge in [-0.05, 0) is 36.5 Å². The molecule has 1 aromatic carbocycles. The number of nitrogens with one attached hydrogen (secondary N) is 1. The molecule has 1 saturated carbocycles. The fraction of sp³-hybridized carbons (Fsp3) is 0.588. The molecule has 3 N–H and O–H groups in total. The van der Waals surface area contributed by atoms with E-state index < -0.39 is 0 Å². The van der Waals surface area contributed by atoms with Gasteiger partial charge < -0.3 is 15.8 Å². The first-order valence-electron chi connectivity index (χ1n) is 7.78. The second kappa shape index (κ2) is 8.39. The molecule has 1 amide bonds. The SMILES string of the molecule is CC(C)c1cccc(OCC(=O)NC2(CN)CCCC2)c1.Cl. The molecule has 0 saturated heterocycles. The smallest absolute Gasteiger partial charge is 0.258 e. The quantitative estimate of drug-likeness (QED) is 0.844. The van der Waals surface area contributed by atoms with Gasteiger partial charge in [0.1, 0.15) is 5.75 Å². The van der Waals surface area contributed by atoms with E-state index in [0.717, 1.165) is 31.4 Å². The molecule has 0 bridgehead atoms. The molecule has 0 aliphatic heterocycles. The van der Waals surface area contributed by atoms with Crippen LogP contribution in [0.5, 0.6) is 5.75 Å². The summed E-state index contributed by atoms with van der Waals surface area (Å²) in [5, 5.41) is 3.06. The van der Waals surface area contributed by atoms with Crippen molar-refractivity contribution in [3.05, 3.63) is 29.8 Å². The highest BCUT2D eigenvalue weighted by molar-refractivity contribution is 5.85. The lowest BCUT2D eigenvalue weighted by atomic mass is 9.98. The monoisotopic (exact) mass is 326 g/mol. The number of rotatable bonds is 6. The van der Waals surface area contributed by atoms with Crippen molar-refractivity contribution >= 4 is 18.3 Å². The fourth-order valence-electron chi connectivity index (χ4n) is 2.88. The first-order valence-corrected chi connectivity index (χ1v) is 7.78. The van der Waals surface area contributed by atoms with E-state index in [1.807, 2.05) is 18.2 Å². The van der Waals surface area contributed by atoms with E-state index in [9.17, 15) is 4.79 Å². The number of hydrogen-bond acceptors (Lipinski definition) is 3. The highest BCUT2D eigenvalue weighted by atomic mass is 35.5. The van der Waals surface area contributed by atoms with Crippen LogP contribution in [0.3, 0.4) is 0 Å². The number of carbonyl (C=O) groups excluding carboxylic acids is 1. The highest BCUT2D eigenvalue weighted by Gasteiger charge is 2.33. The number of carbonyl (C=O) groups is 1. The predicted molar refractivity (Wildman–Crippen MR) is 91.7 cm³/mol. The number of nitrogens with two attached hydrogens (primary N) is 1. The van der Waals surface area contributed by atoms with Crippen LogP contribution in [-0.2, 0) is 4.79 Å². The van der Waals surface area contributed by atoms with E-state index in [1.165, 1.54) is 5.56 Å². The first-order chi connectivity index (χ1) is 10.0. The van der Waals surface area contributed by atoms with E-state index in [2.05, 4.69) is 25.2 Å². The van der Waals surface area contributed by atoms with E-state index in [-0.39, 0.29) is 30.5 Å². The molecule has 0 unspecified atom stereocenters. The summed E-state index contributed by atoms with van der Waals surface area (Å²) < 4.78 is 5.61. The standard InChI is InChI=1S/C17H26N2O2.ClH/c1-13(2)14-6-5-7-15(10-14)21-11-16(20)19-17(12-18)8-3-4-9-17;/h5-7,10,13H,3-4,8-9,11-12,18H2,1-2H3,(H,19,20);1H. The van der Waals surface area contributed by atoms with Gasteiger partial charge in [-0.25, -0.2) is 0 Å². The summed E-state index contributed by atoms with van der Waals surface area (Å²) in [4.78, 5) is 12.1. The van der Waals surface area contributed by atoms with E-state index in [4.69, 9.17) is 10.5 Å². The van der Waals surface area contributed by atoms with Crippen LogP contribution in [0.25, 0.3) is 0 Å². The fourth-order valence-corrected chi connectivity index (χ4v) is 2.88. The Morgan fingerprint density at radius 2 is 2.05 bits per heavy atom. The largest absolute Gasteiger partial charge is 0.484 e. The molecule has 1 fully saturated rings. The van der Waals surface area contributed by atoms with Crippen LogP contribution in [0.15, 0.2) is 24.3 Å². The zero-order valence-corrected chi connectivity index (χ0v) is 14.2. The van der Waals surface area contributed by atoms with Gasteiger partial charge in [0.05, 0.1) is 5.54 Å². The van der Waals surface area contributed by atoms with Crippen LogP contribution in [-0.4, -0.2) is 24.6 Å². The van der Waals surface area contributed by atoms with Gasteiger partial charge in [0.2, 0.25) is 0 Å². The number of amides is 1. The van der Waals surface area contributed by atoms with Crippen molar-refractivity contribution in [1.29, 1.82) is 0 Å². The Kier molecular flexibility index (Phi) is 7.17. The molecule has 0 atom stereocenters. The van der Waals surface area contributed by atoms with Crippen LogP contribution < -0.4 is 15.8 Å². The predicted octanol–water partition coefficient (Wildman–Crippen LogP) is 3.00. The zero-order valence-electron chi connectivity index (χ0n) is 13.4. The molecule has 0 radical (unpaired) electrons. The molecule has 2 rings (SSSR count). The maximum atomic E-state index is 12.1. The average Bonchev–Trinajstić information content (AvgIpc) is 2.94. The lowest BCUT2D eigenvalue weighted by Gasteiger charge is -2.28. The van der Waals surface area contributed by atoms with Crippen LogP contribution in [0, 0.1) is 0 Å². The molecule has 0 heterocycles. The highest BCUT2D eigenvalue weighted by Crippen LogP contribution is 2.28. The topological polar surface area (TPSA) is 64.3 Å². The molecule has 124 valence electrons. The Hall–Kier alpha value is -1.26. The summed E-state index contributed by atoms with van der Waals surface area (Å²) >= 11 is 0. The third kappa shape index (κ3) is 4.89. The van der Waals surface area contributed by atoms with E-state index in [0.29, 0.717) is 12.5 Å². The van der Waals surface area contributed by atoms with Crippen LogP contribution >= 0.6 is 12.4 Å². The van der Waals surface area contributed by atoms with Gasteiger partial charge in [-0.3, -0.25) is 4.79 Å². The molecule has 1 aliphatic carbocycles. The normalized spacial score (nSPS) is 16.2. The molecule has 4 nitrogen and oxygen atoms in total. The average molecular weight is 327 g/mol. The second-order valence-electron chi connectivity index (χ2n) is 6.26. The van der Waals surface area contributed by atoms with Crippen LogP contribution in [0.1, 0.15) is 51.0 Å². The van der Waals surface area contributed by atoms with Crippen molar-refractivity contribution in [2.75, 3.05) is 13.2 Å². The van der Waals surface area contributed by atoms with Crippen molar-refractivity contribution in [2.45, 2.75) is 51.0 Å². The molecule has 22 heavy (non-hydrogen) atoms. The Balaban J connectivity index is 0.00000242. The van der Waals surface area contributed by atoms with Crippen molar-refractivity contribution in [3.8, 4) is 5.75 Å². The van der Waals surface area contributed by atoms with Crippen molar-refractivity contribution in [1.82, 2.24) is 5.32 Å². The van der Waals surface area contributed by atoms with Gasteiger partial charge in [-0.1, -0.05) is 38.8 Å². The molecular formula is C17H27ClN2O2. The summed E-state index contributed by atoms with van der Waals surface area (Å²) in [5.74, 6) is 1.10. The minimum atomic E-state index is -0.208. The van der Waals surface area contributed by atoms with Gasteiger partial charge in [-0.2, -0.15) is 0 Å². The Morgan fingerprint density at radius 3 is 2.64 bits per heavy atom. The molecular weight excluding hydrogens is 300 g/mol. The minimum Gasteiger partial charge on any atom is -0.484 e. The molecule has 0 aromatic heterocycles. The van der Waals surface area contributed by atoms with Gasteiger partial charge >= 0.3 is 0 Å². The summed E-state index contributed by atoms with van der Waals surface area (Å²) in [6.45, 7) is 4.82. The molecule has 5 heteroatoms. The number of benzene rings is 1. The van der Waals surface area contributed by atoms with Gasteiger partial charge in [0, 0.05) is 6.54 Å². The number of ether oxygens (including phenoxy) is 1. The van der Waals surface area contributed by atoms with E-state index >= 15 is 0 Å². The summed E-state index contributed by atoms with van der Waals surface area (Å²) in [7, 11) is 0. The lowest BCUT2D eigenvalue weighted by molar-refractivity contribution is -0.124. The molecule has 1 aliphatic rings. The van der Waals surface area contributed by atoms with Crippen molar-refractivity contribution < 1.29 is 9.53 Å². The third-order valence-corrected chi connectivity index (χ3v) is 4.25. The van der Waals surface area contributed by atoms with Gasteiger partial charge in [0.25, 0.3) is 5.91 Å².